The highest BCUT2D eigenvalue weighted by molar-refractivity contribution is 5.78. The Balaban J connectivity index is 2.43. The summed E-state index contributed by atoms with van der Waals surface area (Å²) >= 11 is 0. The number of nitro benzene ring substituents is 1. The molecule has 0 aliphatic heterocycles. The zero-order chi connectivity index (χ0) is 14.9. The highest BCUT2D eigenvalue weighted by Gasteiger charge is 2.16. The summed E-state index contributed by atoms with van der Waals surface area (Å²) in [4.78, 5) is 21.5. The third kappa shape index (κ3) is 2.32. The van der Waals surface area contributed by atoms with Crippen molar-refractivity contribution in [2.75, 3.05) is 0 Å². The predicted octanol–water partition coefficient (Wildman–Crippen LogP) is 2.58. The fourth-order valence-corrected chi connectivity index (χ4v) is 2.24. The van der Waals surface area contributed by atoms with Crippen LogP contribution in [0.5, 0.6) is 0 Å². The lowest BCUT2D eigenvalue weighted by atomic mass is 10.1. The number of benzene rings is 1. The molecular formula is C14H15N3O3. The van der Waals surface area contributed by atoms with Crippen molar-refractivity contribution in [3.05, 3.63) is 56.4 Å². The van der Waals surface area contributed by atoms with Gasteiger partial charge >= 0.3 is 0 Å². The van der Waals surface area contributed by atoms with Crippen molar-refractivity contribution in [1.29, 1.82) is 0 Å². The van der Waals surface area contributed by atoms with Crippen LogP contribution in [0.1, 0.15) is 32.9 Å². The van der Waals surface area contributed by atoms with E-state index in [1.165, 1.54) is 6.07 Å². The highest BCUT2D eigenvalue weighted by atomic mass is 16.6. The number of aromatic nitrogens is 2. The molecule has 2 aromatic rings. The number of hydrogen-bond donors (Lipinski definition) is 0. The molecule has 2 rings (SSSR count). The van der Waals surface area contributed by atoms with E-state index in [2.05, 4.69) is 5.10 Å². The number of carbonyl (C=O) groups is 1. The Labute approximate surface area is 116 Å². The van der Waals surface area contributed by atoms with Crippen molar-refractivity contribution >= 4 is 12.0 Å². The lowest BCUT2D eigenvalue weighted by Crippen LogP contribution is -2.07. The Bertz CT molecular complexity index is 689. The van der Waals surface area contributed by atoms with Crippen LogP contribution >= 0.6 is 0 Å². The number of nitro groups is 1. The maximum atomic E-state index is 11.0. The molecule has 0 spiro atoms. The molecule has 6 nitrogen and oxygen atoms in total. The zero-order valence-corrected chi connectivity index (χ0v) is 11.6. The third-order valence-corrected chi connectivity index (χ3v) is 3.49. The normalized spacial score (nSPS) is 10.6. The van der Waals surface area contributed by atoms with Crippen molar-refractivity contribution in [3.63, 3.8) is 0 Å². The predicted molar refractivity (Wildman–Crippen MR) is 74.0 cm³/mol. The van der Waals surface area contributed by atoms with Gasteiger partial charge in [-0.1, -0.05) is 12.1 Å². The van der Waals surface area contributed by atoms with E-state index in [1.54, 1.807) is 24.6 Å². The summed E-state index contributed by atoms with van der Waals surface area (Å²) in [5, 5.41) is 15.2. The standard InChI is InChI=1S/C14H15N3O3/c1-9-12(5-4-6-14(9)17(19)20)7-16-11(3)13(8-18)10(2)15-16/h4-6,8H,7H2,1-3H3. The van der Waals surface area contributed by atoms with Crippen LogP contribution in [0.15, 0.2) is 18.2 Å². The van der Waals surface area contributed by atoms with Crippen LogP contribution in [0.2, 0.25) is 0 Å². The highest BCUT2D eigenvalue weighted by Crippen LogP contribution is 2.22. The zero-order valence-electron chi connectivity index (χ0n) is 11.6. The van der Waals surface area contributed by atoms with Crippen LogP contribution in [0, 0.1) is 30.9 Å². The van der Waals surface area contributed by atoms with E-state index >= 15 is 0 Å². The maximum absolute atomic E-state index is 11.0. The van der Waals surface area contributed by atoms with Crippen LogP contribution in [-0.4, -0.2) is 21.0 Å². The largest absolute Gasteiger partial charge is 0.298 e. The first-order valence-electron chi connectivity index (χ1n) is 6.17. The van der Waals surface area contributed by atoms with Gasteiger partial charge in [0.25, 0.3) is 5.69 Å². The van der Waals surface area contributed by atoms with Crippen molar-refractivity contribution < 1.29 is 9.72 Å². The van der Waals surface area contributed by atoms with E-state index in [1.807, 2.05) is 13.0 Å². The van der Waals surface area contributed by atoms with Crippen LogP contribution in [0.3, 0.4) is 0 Å². The van der Waals surface area contributed by atoms with Gasteiger partial charge in [-0.15, -0.1) is 0 Å². The molecule has 1 heterocycles. The Morgan fingerprint density at radius 3 is 2.60 bits per heavy atom. The van der Waals surface area contributed by atoms with Gasteiger partial charge < -0.3 is 0 Å². The summed E-state index contributed by atoms with van der Waals surface area (Å²) in [5.74, 6) is 0. The van der Waals surface area contributed by atoms with Crippen LogP contribution in [0.25, 0.3) is 0 Å². The number of rotatable bonds is 4. The Kier molecular flexibility index (Phi) is 3.65. The monoisotopic (exact) mass is 273 g/mol. The van der Waals surface area contributed by atoms with Crippen LogP contribution < -0.4 is 0 Å². The van der Waals surface area contributed by atoms with E-state index in [0.717, 1.165) is 17.5 Å². The second kappa shape index (κ2) is 5.24. The molecule has 0 fully saturated rings. The van der Waals surface area contributed by atoms with Gasteiger partial charge in [-0.25, -0.2) is 0 Å². The molecule has 1 aromatic heterocycles. The summed E-state index contributed by atoms with van der Waals surface area (Å²) < 4.78 is 1.70. The summed E-state index contributed by atoms with van der Waals surface area (Å²) in [6.45, 7) is 5.72. The van der Waals surface area contributed by atoms with Crippen molar-refractivity contribution in [2.45, 2.75) is 27.3 Å². The quantitative estimate of drug-likeness (QED) is 0.487. The van der Waals surface area contributed by atoms with Crippen molar-refractivity contribution in [3.8, 4) is 0 Å². The fourth-order valence-electron chi connectivity index (χ4n) is 2.24. The van der Waals surface area contributed by atoms with Crippen molar-refractivity contribution in [1.82, 2.24) is 9.78 Å². The average molecular weight is 273 g/mol. The second-order valence-corrected chi connectivity index (χ2v) is 4.68. The Morgan fingerprint density at radius 2 is 2.05 bits per heavy atom. The summed E-state index contributed by atoms with van der Waals surface area (Å²) in [6, 6.07) is 4.98. The lowest BCUT2D eigenvalue weighted by Gasteiger charge is -2.08. The first kappa shape index (κ1) is 13.9. The average Bonchev–Trinajstić information content (AvgIpc) is 2.66. The second-order valence-electron chi connectivity index (χ2n) is 4.68. The smallest absolute Gasteiger partial charge is 0.272 e. The van der Waals surface area contributed by atoms with Gasteiger partial charge in [0.05, 0.1) is 22.7 Å². The summed E-state index contributed by atoms with van der Waals surface area (Å²) in [6.07, 6.45) is 0.786. The molecule has 0 saturated heterocycles. The molecule has 6 heteroatoms. The van der Waals surface area contributed by atoms with Crippen LogP contribution in [-0.2, 0) is 6.54 Å². The minimum absolute atomic E-state index is 0.0969. The molecule has 0 atom stereocenters. The topological polar surface area (TPSA) is 78.0 Å². The third-order valence-electron chi connectivity index (χ3n) is 3.49. The Hall–Kier alpha value is -2.50. The van der Waals surface area contributed by atoms with Gasteiger partial charge in [0.15, 0.2) is 6.29 Å². The molecule has 0 amide bonds. The van der Waals surface area contributed by atoms with Gasteiger partial charge in [-0.3, -0.25) is 19.6 Å². The molecule has 0 bridgehead atoms. The fraction of sp³-hybridized carbons (Fsp3) is 0.286. The molecule has 0 N–H and O–H groups in total. The van der Waals surface area contributed by atoms with Gasteiger partial charge in [0, 0.05) is 17.3 Å². The molecule has 20 heavy (non-hydrogen) atoms. The molecule has 1 aromatic carbocycles. The van der Waals surface area contributed by atoms with E-state index < -0.39 is 4.92 Å². The van der Waals surface area contributed by atoms with E-state index in [4.69, 9.17) is 0 Å². The molecular weight excluding hydrogens is 258 g/mol. The number of aldehydes is 1. The van der Waals surface area contributed by atoms with Gasteiger partial charge in [0.1, 0.15) is 0 Å². The molecule has 0 aliphatic carbocycles. The minimum atomic E-state index is -0.392. The SMILES string of the molecule is Cc1nn(Cc2cccc([N+](=O)[O-])c2C)c(C)c1C=O. The van der Waals surface area contributed by atoms with Gasteiger partial charge in [0.2, 0.25) is 0 Å². The number of aryl methyl sites for hydroxylation is 1. The summed E-state index contributed by atoms with van der Waals surface area (Å²) in [5.41, 5.74) is 3.55. The van der Waals surface area contributed by atoms with E-state index in [-0.39, 0.29) is 5.69 Å². The molecule has 104 valence electrons. The van der Waals surface area contributed by atoms with E-state index in [9.17, 15) is 14.9 Å². The van der Waals surface area contributed by atoms with Gasteiger partial charge in [-0.2, -0.15) is 5.10 Å². The van der Waals surface area contributed by atoms with Crippen molar-refractivity contribution in [2.24, 2.45) is 0 Å². The number of carbonyl (C=O) groups excluding carboxylic acids is 1. The first-order chi connectivity index (χ1) is 9.45. The molecule has 0 saturated carbocycles. The maximum Gasteiger partial charge on any atom is 0.272 e. The number of hydrogen-bond acceptors (Lipinski definition) is 4. The Morgan fingerprint density at radius 1 is 1.35 bits per heavy atom. The van der Waals surface area contributed by atoms with E-state index in [0.29, 0.717) is 23.4 Å². The van der Waals surface area contributed by atoms with Crippen LogP contribution in [0.4, 0.5) is 5.69 Å². The molecule has 0 unspecified atom stereocenters. The number of nitrogens with zero attached hydrogens (tertiary/aromatic N) is 3. The first-order valence-corrected chi connectivity index (χ1v) is 6.17. The molecule has 0 aliphatic rings. The summed E-state index contributed by atoms with van der Waals surface area (Å²) in [7, 11) is 0. The van der Waals surface area contributed by atoms with Gasteiger partial charge in [-0.05, 0) is 26.3 Å². The minimum Gasteiger partial charge on any atom is -0.298 e. The molecule has 0 radical (unpaired) electrons. The lowest BCUT2D eigenvalue weighted by molar-refractivity contribution is -0.385.